The molecule has 0 fully saturated rings. The van der Waals surface area contributed by atoms with Crippen LogP contribution in [0.4, 0.5) is 8.78 Å². The largest absolute Gasteiger partial charge is 3.00 e. The van der Waals surface area contributed by atoms with E-state index in [2.05, 4.69) is 24.1 Å². The van der Waals surface area contributed by atoms with Gasteiger partial charge in [0, 0.05) is 41.1 Å². The molecule has 0 unspecified atom stereocenters. The first kappa shape index (κ1) is 52.0. The Labute approximate surface area is 424 Å². The van der Waals surface area contributed by atoms with Gasteiger partial charge in [0.2, 0.25) is 0 Å². The van der Waals surface area contributed by atoms with Crippen LogP contribution < -0.4 is 15.3 Å². The topological polar surface area (TPSA) is 195 Å². The monoisotopic (exact) mass is 1140 g/mol. The van der Waals surface area contributed by atoms with Crippen LogP contribution in [0.1, 0.15) is 31.5 Å². The van der Waals surface area contributed by atoms with Gasteiger partial charge in [-0.1, -0.05) is 78.9 Å². The molecule has 0 amide bonds. The molecule has 0 saturated heterocycles. The first-order valence-electron chi connectivity index (χ1n) is 21.5. The van der Waals surface area contributed by atoms with E-state index in [-0.39, 0.29) is 48.8 Å². The van der Waals surface area contributed by atoms with Gasteiger partial charge in [-0.15, -0.1) is 0 Å². The van der Waals surface area contributed by atoms with Gasteiger partial charge in [0.15, 0.2) is 0 Å². The van der Waals surface area contributed by atoms with E-state index < -0.39 is 17.9 Å². The third kappa shape index (κ3) is 13.9. The Balaban J connectivity index is 0.000000157. The molecule has 11 aromatic rings. The van der Waals surface area contributed by atoms with Crippen LogP contribution in [0.5, 0.6) is 0 Å². The first-order chi connectivity index (χ1) is 34.6. The Kier molecular flexibility index (Phi) is 18.7. The first-order valence-corrected chi connectivity index (χ1v) is 21.5. The predicted octanol–water partition coefficient (Wildman–Crippen LogP) is 8.00. The van der Waals surface area contributed by atoms with Crippen molar-refractivity contribution >= 4 is 40.0 Å². The van der Waals surface area contributed by atoms with Crippen molar-refractivity contribution in [2.45, 2.75) is 0 Å². The van der Waals surface area contributed by atoms with Crippen molar-refractivity contribution in [2.24, 2.45) is 0 Å². The fourth-order valence-corrected chi connectivity index (χ4v) is 6.76. The maximum absolute atomic E-state index is 13.2. The van der Waals surface area contributed by atoms with Crippen LogP contribution in [0, 0.1) is 11.6 Å². The molecule has 5 aromatic heterocycles. The number of aromatic carboxylic acids is 3. The van der Waals surface area contributed by atoms with Crippen LogP contribution in [0.25, 0.3) is 56.2 Å². The molecule has 6 aromatic carbocycles. The number of imidazole rings is 2. The average Bonchev–Trinajstić information content (AvgIpc) is 4.01. The summed E-state index contributed by atoms with van der Waals surface area (Å²) in [6, 6.07) is 62.9. The maximum atomic E-state index is 13.2. The van der Waals surface area contributed by atoms with Crippen molar-refractivity contribution in [2.75, 3.05) is 0 Å². The zero-order valence-electron chi connectivity index (χ0n) is 37.6. The SMILES string of the molecule is Fc1ccc(-c2nc3ccccc3n2-c2ccccc2)cc1.Fc1ccc(-c2nc3ccccc3n2-c2ccccc2)cc1.O=C([O-])c1ccccn1.O=C([O-])c1ccccn1.O=C([O-])c1ccccn1.[Ir+3]. The Morgan fingerprint density at radius 2 is 0.653 bits per heavy atom. The molecule has 0 radical (unpaired) electrons. The molecule has 356 valence electrons. The number of pyridine rings is 3. The number of carbonyl (C=O) groups is 3. The van der Waals surface area contributed by atoms with Crippen molar-refractivity contribution in [3.8, 4) is 34.2 Å². The second kappa shape index (κ2) is 25.8. The predicted molar refractivity (Wildman–Crippen MR) is 259 cm³/mol. The molecule has 0 atom stereocenters. The molecule has 13 nitrogen and oxygen atoms in total. The summed E-state index contributed by atoms with van der Waals surface area (Å²) >= 11 is 0. The van der Waals surface area contributed by atoms with Crippen LogP contribution in [0.15, 0.2) is 231 Å². The van der Waals surface area contributed by atoms with E-state index in [1.807, 2.05) is 109 Å². The zero-order valence-corrected chi connectivity index (χ0v) is 40.0. The van der Waals surface area contributed by atoms with Crippen LogP contribution in [0.3, 0.4) is 0 Å². The van der Waals surface area contributed by atoms with Crippen molar-refractivity contribution < 1.29 is 58.6 Å². The molecular formula is C56H38F2IrN7O6. The van der Waals surface area contributed by atoms with Crippen molar-refractivity contribution in [1.82, 2.24) is 34.1 Å². The summed E-state index contributed by atoms with van der Waals surface area (Å²) in [5.74, 6) is -2.58. The third-order valence-corrected chi connectivity index (χ3v) is 9.98. The normalized spacial score (nSPS) is 10.0. The quantitative estimate of drug-likeness (QED) is 0.150. The number of nitrogens with zero attached hydrogens (tertiary/aromatic N) is 7. The number of hydrogen-bond donors (Lipinski definition) is 0. The molecule has 0 spiro atoms. The number of carboxylic acid groups (broad SMARTS) is 3. The smallest absolute Gasteiger partial charge is 0.543 e. The molecule has 0 aliphatic heterocycles. The molecule has 0 saturated carbocycles. The summed E-state index contributed by atoms with van der Waals surface area (Å²) in [6.07, 6.45) is 4.22. The Bertz CT molecular complexity index is 3190. The number of rotatable bonds is 7. The summed E-state index contributed by atoms with van der Waals surface area (Å²) in [6.45, 7) is 0. The number of benzene rings is 6. The second-order valence-corrected chi connectivity index (χ2v) is 14.7. The minimum atomic E-state index is -1.24. The van der Waals surface area contributed by atoms with Crippen molar-refractivity contribution in [1.29, 1.82) is 0 Å². The summed E-state index contributed by atoms with van der Waals surface area (Å²) in [7, 11) is 0. The molecule has 5 heterocycles. The molecule has 0 aliphatic carbocycles. The molecular weight excluding hydrogens is 1100 g/mol. The van der Waals surface area contributed by atoms with E-state index in [0.717, 1.165) is 56.2 Å². The Morgan fingerprint density at radius 3 is 0.931 bits per heavy atom. The zero-order chi connectivity index (χ0) is 50.0. The van der Waals surface area contributed by atoms with Gasteiger partial charge in [0.1, 0.15) is 23.3 Å². The Morgan fingerprint density at radius 1 is 0.361 bits per heavy atom. The van der Waals surface area contributed by atoms with E-state index in [9.17, 15) is 38.5 Å². The molecule has 0 bridgehead atoms. The average molecular weight is 1140 g/mol. The van der Waals surface area contributed by atoms with Gasteiger partial charge >= 0.3 is 20.1 Å². The Hall–Kier alpha value is -9.37. The van der Waals surface area contributed by atoms with Gasteiger partial charge in [-0.25, -0.2) is 18.7 Å². The fraction of sp³-hybridized carbons (Fsp3) is 0. The second-order valence-electron chi connectivity index (χ2n) is 14.7. The number of carboxylic acids is 3. The third-order valence-electron chi connectivity index (χ3n) is 9.98. The van der Waals surface area contributed by atoms with Gasteiger partial charge < -0.3 is 29.7 Å². The minimum Gasteiger partial charge on any atom is -0.543 e. The number of carbonyl (C=O) groups excluding carboxylic acids is 3. The number of halogens is 2. The molecule has 0 N–H and O–H groups in total. The fourth-order valence-electron chi connectivity index (χ4n) is 6.76. The van der Waals surface area contributed by atoms with Crippen LogP contribution in [0.2, 0.25) is 0 Å². The van der Waals surface area contributed by atoms with Crippen LogP contribution in [-0.2, 0) is 20.1 Å². The number of aromatic nitrogens is 7. The van der Waals surface area contributed by atoms with Crippen molar-refractivity contribution in [3.63, 3.8) is 0 Å². The van der Waals surface area contributed by atoms with E-state index in [4.69, 9.17) is 9.97 Å². The maximum Gasteiger partial charge on any atom is 3.00 e. The number of fused-ring (bicyclic) bond motifs is 2. The van der Waals surface area contributed by atoms with E-state index in [1.54, 1.807) is 60.7 Å². The summed E-state index contributed by atoms with van der Waals surface area (Å²) in [5.41, 5.74) is 7.68. The van der Waals surface area contributed by atoms with Gasteiger partial charge in [-0.3, -0.25) is 24.1 Å². The molecule has 72 heavy (non-hydrogen) atoms. The van der Waals surface area contributed by atoms with E-state index in [1.165, 1.54) is 61.1 Å². The molecule has 11 rings (SSSR count). The molecule has 0 aliphatic rings. The van der Waals surface area contributed by atoms with E-state index >= 15 is 0 Å². The summed E-state index contributed by atoms with van der Waals surface area (Å²) < 4.78 is 30.6. The van der Waals surface area contributed by atoms with Crippen LogP contribution >= 0.6 is 0 Å². The van der Waals surface area contributed by atoms with Crippen molar-refractivity contribution in [3.05, 3.63) is 260 Å². The standard InChI is InChI=1S/2C19H13FN2.3C6H5NO2.Ir/c2*20-15-12-10-14(11-13-15)19-21-17-8-4-5-9-18(17)22(19)16-6-2-1-3-7-16;3*8-6(9)5-3-1-2-4-7-5;/h2*1-13H;3*1-4H,(H,8,9);/q;;;;;+3/p-3. The van der Waals surface area contributed by atoms with Crippen LogP contribution in [-0.4, -0.2) is 52.0 Å². The van der Waals surface area contributed by atoms with Gasteiger partial charge in [0.25, 0.3) is 0 Å². The van der Waals surface area contributed by atoms with Gasteiger partial charge in [0.05, 0.1) is 57.1 Å². The van der Waals surface area contributed by atoms with E-state index in [0.29, 0.717) is 0 Å². The van der Waals surface area contributed by atoms with Gasteiger partial charge in [-0.05, 0) is 133 Å². The van der Waals surface area contributed by atoms with Gasteiger partial charge in [-0.2, -0.15) is 0 Å². The number of hydrogen-bond acceptors (Lipinski definition) is 11. The number of para-hydroxylation sites is 6. The molecule has 16 heteroatoms. The summed E-state index contributed by atoms with van der Waals surface area (Å²) in [5, 5.41) is 30.1. The summed E-state index contributed by atoms with van der Waals surface area (Å²) in [4.78, 5) is 50.1. The minimum absolute atomic E-state index is 0.